The lowest BCUT2D eigenvalue weighted by molar-refractivity contribution is 0.181. The number of nitrogens with zero attached hydrogens (tertiary/aromatic N) is 2. The van der Waals surface area contributed by atoms with Crippen LogP contribution in [0.15, 0.2) is 36.4 Å². The number of ether oxygens (including phenoxy) is 1. The molecule has 0 fully saturated rings. The zero-order valence-electron chi connectivity index (χ0n) is 10.4. The van der Waals surface area contributed by atoms with Crippen LogP contribution in [0.25, 0.3) is 11.3 Å². The Balaban J connectivity index is 2.38. The van der Waals surface area contributed by atoms with E-state index in [0.29, 0.717) is 17.6 Å². The standard InChI is InChI=1S/C14H15ClN2O/c1-10(9-18-2)14-16-12(8-13(15)17-14)11-6-4-3-5-7-11/h3-8,10H,9H2,1-2H3. The summed E-state index contributed by atoms with van der Waals surface area (Å²) in [4.78, 5) is 8.80. The summed E-state index contributed by atoms with van der Waals surface area (Å²) in [6, 6.07) is 11.7. The maximum atomic E-state index is 6.05. The van der Waals surface area contributed by atoms with Gasteiger partial charge in [0.1, 0.15) is 11.0 Å². The predicted octanol–water partition coefficient (Wildman–Crippen LogP) is 3.55. The van der Waals surface area contributed by atoms with Crippen LogP contribution in [-0.2, 0) is 4.74 Å². The van der Waals surface area contributed by atoms with E-state index in [1.54, 1.807) is 13.2 Å². The second kappa shape index (κ2) is 5.94. The molecule has 2 aromatic rings. The minimum Gasteiger partial charge on any atom is -0.384 e. The summed E-state index contributed by atoms with van der Waals surface area (Å²) < 4.78 is 5.12. The van der Waals surface area contributed by atoms with Gasteiger partial charge in [0, 0.05) is 24.7 Å². The third-order valence-electron chi connectivity index (χ3n) is 2.64. The number of hydrogen-bond acceptors (Lipinski definition) is 3. The van der Waals surface area contributed by atoms with E-state index in [9.17, 15) is 0 Å². The van der Waals surface area contributed by atoms with Crippen LogP contribution in [0.1, 0.15) is 18.7 Å². The van der Waals surface area contributed by atoms with Crippen LogP contribution < -0.4 is 0 Å². The quantitative estimate of drug-likeness (QED) is 0.791. The molecule has 94 valence electrons. The van der Waals surface area contributed by atoms with Gasteiger partial charge in [0.2, 0.25) is 0 Å². The molecule has 3 nitrogen and oxygen atoms in total. The van der Waals surface area contributed by atoms with Crippen LogP contribution in [0.2, 0.25) is 5.15 Å². The number of benzene rings is 1. The van der Waals surface area contributed by atoms with E-state index in [0.717, 1.165) is 11.3 Å². The summed E-state index contributed by atoms with van der Waals surface area (Å²) in [6.45, 7) is 2.60. The highest BCUT2D eigenvalue weighted by Crippen LogP contribution is 2.22. The maximum Gasteiger partial charge on any atom is 0.135 e. The molecule has 1 aromatic heterocycles. The second-order valence-corrected chi connectivity index (χ2v) is 4.54. The van der Waals surface area contributed by atoms with Crippen molar-refractivity contribution in [3.8, 4) is 11.3 Å². The summed E-state index contributed by atoms with van der Waals surface area (Å²) >= 11 is 6.05. The zero-order chi connectivity index (χ0) is 13.0. The molecule has 18 heavy (non-hydrogen) atoms. The SMILES string of the molecule is COCC(C)c1nc(Cl)cc(-c2ccccc2)n1. The monoisotopic (exact) mass is 262 g/mol. The summed E-state index contributed by atoms with van der Waals surface area (Å²) in [6.07, 6.45) is 0. The maximum absolute atomic E-state index is 6.05. The highest BCUT2D eigenvalue weighted by Gasteiger charge is 2.11. The third kappa shape index (κ3) is 3.06. The predicted molar refractivity (Wildman–Crippen MR) is 72.8 cm³/mol. The Labute approximate surface area is 112 Å². The number of methoxy groups -OCH3 is 1. The molecule has 0 aliphatic heterocycles. The van der Waals surface area contributed by atoms with Crippen molar-refractivity contribution >= 4 is 11.6 Å². The molecule has 0 N–H and O–H groups in total. The molecule has 4 heteroatoms. The van der Waals surface area contributed by atoms with Crippen LogP contribution in [0.4, 0.5) is 0 Å². The molecule has 0 spiro atoms. The van der Waals surface area contributed by atoms with Crippen molar-refractivity contribution in [1.82, 2.24) is 9.97 Å². The van der Waals surface area contributed by atoms with Gasteiger partial charge in [-0.05, 0) is 0 Å². The van der Waals surface area contributed by atoms with E-state index in [2.05, 4.69) is 9.97 Å². The lowest BCUT2D eigenvalue weighted by Gasteiger charge is -2.11. The first-order valence-electron chi connectivity index (χ1n) is 5.79. The molecule has 0 aliphatic carbocycles. The van der Waals surface area contributed by atoms with Crippen molar-refractivity contribution in [2.45, 2.75) is 12.8 Å². The van der Waals surface area contributed by atoms with Crippen LogP contribution in [-0.4, -0.2) is 23.7 Å². The van der Waals surface area contributed by atoms with Gasteiger partial charge >= 0.3 is 0 Å². The Morgan fingerprint density at radius 1 is 1.22 bits per heavy atom. The fourth-order valence-electron chi connectivity index (χ4n) is 1.74. The van der Waals surface area contributed by atoms with Crippen molar-refractivity contribution in [3.05, 3.63) is 47.4 Å². The van der Waals surface area contributed by atoms with Crippen LogP contribution in [0.3, 0.4) is 0 Å². The Morgan fingerprint density at radius 2 is 1.94 bits per heavy atom. The number of rotatable bonds is 4. The molecule has 2 rings (SSSR count). The van der Waals surface area contributed by atoms with Gasteiger partial charge in [0.15, 0.2) is 0 Å². The van der Waals surface area contributed by atoms with Crippen molar-refractivity contribution in [3.63, 3.8) is 0 Å². The van der Waals surface area contributed by atoms with Gasteiger partial charge < -0.3 is 4.74 Å². The Kier molecular flexibility index (Phi) is 4.28. The van der Waals surface area contributed by atoms with Gasteiger partial charge in [-0.15, -0.1) is 0 Å². The Morgan fingerprint density at radius 3 is 2.61 bits per heavy atom. The topological polar surface area (TPSA) is 35.0 Å². The van der Waals surface area contributed by atoms with E-state index < -0.39 is 0 Å². The van der Waals surface area contributed by atoms with Gasteiger partial charge in [-0.2, -0.15) is 0 Å². The van der Waals surface area contributed by atoms with E-state index in [4.69, 9.17) is 16.3 Å². The van der Waals surface area contributed by atoms with E-state index in [-0.39, 0.29) is 5.92 Å². The Hall–Kier alpha value is -1.45. The van der Waals surface area contributed by atoms with Crippen molar-refractivity contribution < 1.29 is 4.74 Å². The van der Waals surface area contributed by atoms with E-state index >= 15 is 0 Å². The smallest absolute Gasteiger partial charge is 0.135 e. The summed E-state index contributed by atoms with van der Waals surface area (Å²) in [7, 11) is 1.67. The average molecular weight is 263 g/mol. The fraction of sp³-hybridized carbons (Fsp3) is 0.286. The minimum absolute atomic E-state index is 0.121. The third-order valence-corrected chi connectivity index (χ3v) is 2.83. The van der Waals surface area contributed by atoms with Crippen LogP contribution in [0, 0.1) is 0 Å². The molecular weight excluding hydrogens is 248 g/mol. The van der Waals surface area contributed by atoms with Gasteiger partial charge in [-0.3, -0.25) is 0 Å². The average Bonchev–Trinajstić information content (AvgIpc) is 2.39. The summed E-state index contributed by atoms with van der Waals surface area (Å²) in [5.41, 5.74) is 1.88. The molecule has 0 bridgehead atoms. The second-order valence-electron chi connectivity index (χ2n) is 4.16. The molecule has 1 aromatic carbocycles. The van der Waals surface area contributed by atoms with Crippen molar-refractivity contribution in [2.24, 2.45) is 0 Å². The van der Waals surface area contributed by atoms with Crippen LogP contribution in [0.5, 0.6) is 0 Å². The van der Waals surface area contributed by atoms with Gasteiger partial charge in [0.25, 0.3) is 0 Å². The first-order chi connectivity index (χ1) is 8.70. The first kappa shape index (κ1) is 13.0. The number of aromatic nitrogens is 2. The molecule has 1 unspecified atom stereocenters. The normalized spacial score (nSPS) is 12.4. The van der Waals surface area contributed by atoms with Crippen molar-refractivity contribution in [1.29, 1.82) is 0 Å². The number of hydrogen-bond donors (Lipinski definition) is 0. The number of halogens is 1. The van der Waals surface area contributed by atoms with E-state index in [1.165, 1.54) is 0 Å². The van der Waals surface area contributed by atoms with Crippen molar-refractivity contribution in [2.75, 3.05) is 13.7 Å². The lowest BCUT2D eigenvalue weighted by atomic mass is 10.1. The largest absolute Gasteiger partial charge is 0.384 e. The minimum atomic E-state index is 0.121. The zero-order valence-corrected chi connectivity index (χ0v) is 11.2. The van der Waals surface area contributed by atoms with Crippen LogP contribution >= 0.6 is 11.6 Å². The highest BCUT2D eigenvalue weighted by atomic mass is 35.5. The first-order valence-corrected chi connectivity index (χ1v) is 6.17. The van der Waals surface area contributed by atoms with Gasteiger partial charge in [-0.1, -0.05) is 48.9 Å². The van der Waals surface area contributed by atoms with E-state index in [1.807, 2.05) is 37.3 Å². The summed E-state index contributed by atoms with van der Waals surface area (Å²) in [5.74, 6) is 0.833. The molecule has 1 atom stereocenters. The molecule has 0 amide bonds. The Bertz CT molecular complexity index is 516. The van der Waals surface area contributed by atoms with Gasteiger partial charge in [-0.25, -0.2) is 9.97 Å². The molecule has 0 saturated carbocycles. The van der Waals surface area contributed by atoms with Gasteiger partial charge in [0.05, 0.1) is 12.3 Å². The summed E-state index contributed by atoms with van der Waals surface area (Å²) in [5, 5.41) is 0.460. The molecule has 0 saturated heterocycles. The molecule has 0 radical (unpaired) electrons. The molecule has 0 aliphatic rings. The molecular formula is C14H15ClN2O. The lowest BCUT2D eigenvalue weighted by Crippen LogP contribution is -2.07. The highest BCUT2D eigenvalue weighted by molar-refractivity contribution is 6.29. The fourth-order valence-corrected chi connectivity index (χ4v) is 1.93. The molecule has 1 heterocycles.